The fourth-order valence-corrected chi connectivity index (χ4v) is 6.87. The third kappa shape index (κ3) is 30.7. The standard InChI is InChI=1S/C10H14.C9H12.C8H10O2.C8H10O.2C8H10.3C7H9N/c1-7-5-9(3)10(4)6-8(7)2;1-7-4-5-8(2)9(3)6-7;1-5-3-8(10)6(2)4-7(5)9;1-6-3-4-7(2)8(9)5-6;1-7-3-5-8(2)6-4-7;1-7-4-3-5-8(2)6-7;1-6-3-7(2)5-8-4-6;1-6-3-4-7(2)8-5-6;1-6-4-3-5-7(2)8-6/h5-6H,1-4H3;4-6H,1-3H3;3-4,9-10H,1-2H3;3-5,9H,1-2H3;2*3-6H,1-2H3;3*3-5H,1-2H3. The van der Waals surface area contributed by atoms with Gasteiger partial charge in [0, 0.05) is 35.7 Å². The second-order valence-electron chi connectivity index (χ2n) is 20.6. The highest BCUT2D eigenvalue weighted by atomic mass is 16.3. The molecule has 9 aromatic rings. The summed E-state index contributed by atoms with van der Waals surface area (Å²) in [5.41, 5.74) is 25.4. The van der Waals surface area contributed by atoms with Gasteiger partial charge in [0.05, 0.1) is 0 Å². The van der Waals surface area contributed by atoms with E-state index in [9.17, 15) is 0 Å². The van der Waals surface area contributed by atoms with Gasteiger partial charge in [0.15, 0.2) is 0 Å². The van der Waals surface area contributed by atoms with Crippen LogP contribution in [0.3, 0.4) is 0 Å². The van der Waals surface area contributed by atoms with Crippen LogP contribution in [0.2, 0.25) is 0 Å². The van der Waals surface area contributed by atoms with Crippen molar-refractivity contribution in [1.29, 1.82) is 0 Å². The van der Waals surface area contributed by atoms with E-state index in [0.717, 1.165) is 28.2 Å². The molecule has 0 saturated heterocycles. The lowest BCUT2D eigenvalue weighted by atomic mass is 10.0. The van der Waals surface area contributed by atoms with Crippen LogP contribution in [-0.4, -0.2) is 30.3 Å². The molecule has 0 aliphatic rings. The first kappa shape index (κ1) is 68.2. The Morgan fingerprint density at radius 3 is 0.872 bits per heavy atom. The normalized spacial score (nSPS) is 9.50. The first-order valence-electron chi connectivity index (χ1n) is 26.6. The number of aryl methyl sites for hydroxylation is 21. The zero-order valence-corrected chi connectivity index (χ0v) is 51.3. The third-order valence-electron chi connectivity index (χ3n) is 12.1. The van der Waals surface area contributed by atoms with Gasteiger partial charge in [-0.3, -0.25) is 15.0 Å². The fourth-order valence-electron chi connectivity index (χ4n) is 6.87. The lowest BCUT2D eigenvalue weighted by molar-refractivity contribution is 0.453. The number of hydrogen-bond acceptors (Lipinski definition) is 6. The van der Waals surface area contributed by atoms with E-state index < -0.39 is 0 Å². The summed E-state index contributed by atoms with van der Waals surface area (Å²) in [6, 6.07) is 48.8. The maximum Gasteiger partial charge on any atom is 0.119 e. The van der Waals surface area contributed by atoms with E-state index in [1.54, 1.807) is 32.0 Å². The highest BCUT2D eigenvalue weighted by Gasteiger charge is 2.00. The molecule has 0 fully saturated rings. The van der Waals surface area contributed by atoms with Gasteiger partial charge in [0.2, 0.25) is 0 Å². The molecule has 3 aromatic heterocycles. The SMILES string of the molecule is Cc1cc(C)c(C)cc1C.Cc1cc(O)c(C)cc1O.Cc1ccc(C)c(C)c1.Cc1ccc(C)c(O)c1.Cc1ccc(C)cc1.Cc1ccc(C)nc1.Cc1cccc(C)c1.Cc1cccc(C)n1.Cc1cncc(C)c1. The van der Waals surface area contributed by atoms with Crippen LogP contribution < -0.4 is 0 Å². The largest absolute Gasteiger partial charge is 0.508 e. The molecule has 0 bridgehead atoms. The summed E-state index contributed by atoms with van der Waals surface area (Å²) < 4.78 is 0. The van der Waals surface area contributed by atoms with Gasteiger partial charge >= 0.3 is 0 Å². The van der Waals surface area contributed by atoms with Crippen LogP contribution in [0.25, 0.3) is 0 Å². The lowest BCUT2D eigenvalue weighted by Gasteiger charge is -2.04. The molecule has 0 unspecified atom stereocenters. The molecule has 0 amide bonds. The van der Waals surface area contributed by atoms with E-state index in [1.165, 1.54) is 77.9 Å². The molecular formula is C72H93N3O3. The Bertz CT molecular complexity index is 2710. The van der Waals surface area contributed by atoms with Crippen LogP contribution in [0.15, 0.2) is 164 Å². The first-order valence-corrected chi connectivity index (χ1v) is 26.6. The van der Waals surface area contributed by atoms with Crippen molar-refractivity contribution in [3.05, 3.63) is 281 Å². The molecule has 78 heavy (non-hydrogen) atoms. The van der Waals surface area contributed by atoms with Gasteiger partial charge in [-0.25, -0.2) is 0 Å². The van der Waals surface area contributed by atoms with Gasteiger partial charge in [0.25, 0.3) is 0 Å². The molecule has 0 spiro atoms. The van der Waals surface area contributed by atoms with Crippen LogP contribution in [0.4, 0.5) is 0 Å². The molecular weight excluding hydrogens is 955 g/mol. The van der Waals surface area contributed by atoms with E-state index in [0.29, 0.717) is 16.9 Å². The topological polar surface area (TPSA) is 99.4 Å². The van der Waals surface area contributed by atoms with Crippen molar-refractivity contribution in [2.24, 2.45) is 0 Å². The molecule has 0 aliphatic carbocycles. The Labute approximate surface area is 472 Å². The predicted molar refractivity (Wildman–Crippen MR) is 336 cm³/mol. The lowest BCUT2D eigenvalue weighted by Crippen LogP contribution is -1.86. The number of pyridine rings is 3. The summed E-state index contributed by atoms with van der Waals surface area (Å²) in [6.45, 7) is 42.8. The molecule has 0 radical (unpaired) electrons. The quantitative estimate of drug-likeness (QED) is 0.131. The number of aromatic nitrogens is 3. The Morgan fingerprint density at radius 2 is 0.577 bits per heavy atom. The smallest absolute Gasteiger partial charge is 0.119 e. The molecule has 0 atom stereocenters. The van der Waals surface area contributed by atoms with Crippen molar-refractivity contribution in [3.8, 4) is 17.2 Å². The molecule has 6 aromatic carbocycles. The van der Waals surface area contributed by atoms with Crippen molar-refractivity contribution in [2.45, 2.75) is 145 Å². The Morgan fingerprint density at radius 1 is 0.231 bits per heavy atom. The number of aromatic hydroxyl groups is 3. The maximum atomic E-state index is 9.11. The summed E-state index contributed by atoms with van der Waals surface area (Å²) in [7, 11) is 0. The summed E-state index contributed by atoms with van der Waals surface area (Å²) in [5.74, 6) is 0.848. The number of hydrogen-bond donors (Lipinski definition) is 3. The Kier molecular flexibility index (Phi) is 31.7. The van der Waals surface area contributed by atoms with Gasteiger partial charge < -0.3 is 15.3 Å². The number of phenolic OH excluding ortho intramolecular Hbond substituents is 3. The second kappa shape index (κ2) is 36.2. The predicted octanol–water partition coefficient (Wildman–Crippen LogP) is 19.0. The van der Waals surface area contributed by atoms with Crippen molar-refractivity contribution in [1.82, 2.24) is 15.0 Å². The van der Waals surface area contributed by atoms with E-state index >= 15 is 0 Å². The minimum absolute atomic E-state index is 0.232. The van der Waals surface area contributed by atoms with Gasteiger partial charge in [-0.05, 0) is 254 Å². The Hall–Kier alpha value is -7.83. The van der Waals surface area contributed by atoms with Crippen LogP contribution in [0.1, 0.15) is 117 Å². The highest BCUT2D eigenvalue weighted by Crippen LogP contribution is 2.25. The highest BCUT2D eigenvalue weighted by molar-refractivity contribution is 5.43. The number of phenols is 3. The van der Waals surface area contributed by atoms with E-state index in [-0.39, 0.29) is 11.5 Å². The van der Waals surface area contributed by atoms with Crippen LogP contribution in [-0.2, 0) is 0 Å². The second-order valence-corrected chi connectivity index (χ2v) is 20.6. The van der Waals surface area contributed by atoms with Gasteiger partial charge in [0.1, 0.15) is 17.2 Å². The Balaban J connectivity index is 0.000000439. The zero-order valence-electron chi connectivity index (χ0n) is 51.3. The molecule has 0 saturated carbocycles. The number of benzene rings is 6. The molecule has 9 rings (SSSR count). The van der Waals surface area contributed by atoms with Crippen molar-refractivity contribution < 1.29 is 15.3 Å². The van der Waals surface area contributed by atoms with Crippen molar-refractivity contribution in [3.63, 3.8) is 0 Å². The zero-order chi connectivity index (χ0) is 59.1. The van der Waals surface area contributed by atoms with Crippen molar-refractivity contribution >= 4 is 0 Å². The third-order valence-corrected chi connectivity index (χ3v) is 12.1. The maximum absolute atomic E-state index is 9.11. The molecule has 3 N–H and O–H groups in total. The van der Waals surface area contributed by atoms with E-state index in [1.807, 2.05) is 110 Å². The number of rotatable bonds is 0. The average Bonchev–Trinajstić information content (AvgIpc) is 3.36. The summed E-state index contributed by atoms with van der Waals surface area (Å²) in [4.78, 5) is 12.2. The van der Waals surface area contributed by atoms with Crippen LogP contribution >= 0.6 is 0 Å². The summed E-state index contributed by atoms with van der Waals surface area (Å²) in [5, 5.41) is 27.3. The van der Waals surface area contributed by atoms with Gasteiger partial charge in [-0.2, -0.15) is 0 Å². The summed E-state index contributed by atoms with van der Waals surface area (Å²) >= 11 is 0. The van der Waals surface area contributed by atoms with E-state index in [4.69, 9.17) is 15.3 Å². The molecule has 0 aliphatic heterocycles. The van der Waals surface area contributed by atoms with Gasteiger partial charge in [-0.1, -0.05) is 137 Å². The molecule has 6 heteroatoms. The first-order chi connectivity index (χ1) is 36.6. The van der Waals surface area contributed by atoms with Crippen molar-refractivity contribution in [2.75, 3.05) is 0 Å². The average molecular weight is 1050 g/mol. The molecule has 3 heterocycles. The van der Waals surface area contributed by atoms with Crippen LogP contribution in [0, 0.1) is 145 Å². The monoisotopic (exact) mass is 1050 g/mol. The number of nitrogens with zero attached hydrogens (tertiary/aromatic N) is 3. The van der Waals surface area contributed by atoms with E-state index in [2.05, 4.69) is 182 Å². The van der Waals surface area contributed by atoms with Gasteiger partial charge in [-0.15, -0.1) is 0 Å². The minimum Gasteiger partial charge on any atom is -0.508 e. The van der Waals surface area contributed by atoms with Crippen LogP contribution in [0.5, 0.6) is 17.2 Å². The fraction of sp³-hybridized carbons (Fsp3) is 0.292. The molecule has 414 valence electrons. The summed E-state index contributed by atoms with van der Waals surface area (Å²) in [6.07, 6.45) is 5.58. The molecule has 6 nitrogen and oxygen atoms in total. The minimum atomic E-state index is 0.232.